The van der Waals surface area contributed by atoms with Crippen LogP contribution in [0.25, 0.3) is 0 Å². The monoisotopic (exact) mass is 450 g/mol. The topological polar surface area (TPSA) is 122 Å². The number of aromatic nitrogens is 2. The zero-order valence-electron chi connectivity index (χ0n) is 17.3. The summed E-state index contributed by atoms with van der Waals surface area (Å²) in [6.07, 6.45) is 1.44. The molecule has 4 N–H and O–H groups in total. The molecule has 1 saturated heterocycles. The Hall–Kier alpha value is -2.79. The summed E-state index contributed by atoms with van der Waals surface area (Å²) in [7, 11) is -3.08. The Labute approximate surface area is 179 Å². The van der Waals surface area contributed by atoms with Crippen molar-refractivity contribution in [2.45, 2.75) is 42.7 Å². The zero-order valence-corrected chi connectivity index (χ0v) is 18.2. The fraction of sp³-hybridized carbons (Fsp3) is 0.400. The average molecular weight is 451 g/mol. The van der Waals surface area contributed by atoms with Gasteiger partial charge in [0.05, 0.1) is 16.2 Å². The highest BCUT2D eigenvalue weighted by Crippen LogP contribution is 2.48. The van der Waals surface area contributed by atoms with E-state index in [1.165, 1.54) is 18.2 Å². The fourth-order valence-electron chi connectivity index (χ4n) is 4.28. The SMILES string of the molecule is CC1(C)C(N)=N[C@](C)(c2nc(NC(=O)c3ccc(F)cn3)ccc2F)[C@@H]2CCN[SH]21=O. The molecule has 2 aromatic heterocycles. The minimum atomic E-state index is -3.08. The standard InChI is InChI=1S/C20H24F2N6O2S/c1-19(2)18(23)28-20(3,14-8-9-25-31(14,19)30)16-12(22)5-7-15(26-16)27-17(29)13-6-4-11(21)10-24-13/h4-7,10,14,31H,8-9H2,1-3H3,(H2,23,28)(H,25,30)(H,26,27,29)/t14-,20-/m0/s1. The molecule has 11 heteroatoms. The predicted octanol–water partition coefficient (Wildman–Crippen LogP) is 1.67. The summed E-state index contributed by atoms with van der Waals surface area (Å²) >= 11 is 0. The molecule has 2 aliphatic heterocycles. The van der Waals surface area contributed by atoms with Crippen LogP contribution in [0.2, 0.25) is 0 Å². The first kappa shape index (κ1) is 21.4. The van der Waals surface area contributed by atoms with Gasteiger partial charge in [-0.05, 0) is 61.6 Å². The van der Waals surface area contributed by atoms with Crippen LogP contribution < -0.4 is 15.8 Å². The molecule has 2 atom stereocenters. The number of halogens is 2. The number of rotatable bonds is 3. The third-order valence-corrected chi connectivity index (χ3v) is 10.4. The average Bonchev–Trinajstić information content (AvgIpc) is 3.13. The van der Waals surface area contributed by atoms with Gasteiger partial charge in [0.15, 0.2) is 0 Å². The van der Waals surface area contributed by atoms with Gasteiger partial charge in [-0.3, -0.25) is 18.7 Å². The highest BCUT2D eigenvalue weighted by Gasteiger charge is 2.59. The number of anilines is 1. The summed E-state index contributed by atoms with van der Waals surface area (Å²) in [5.74, 6) is -1.62. The molecule has 0 radical (unpaired) electrons. The number of nitrogens with zero attached hydrogens (tertiary/aromatic N) is 3. The van der Waals surface area contributed by atoms with E-state index >= 15 is 0 Å². The lowest BCUT2D eigenvalue weighted by Crippen LogP contribution is -2.64. The molecule has 4 rings (SSSR count). The Morgan fingerprint density at radius 2 is 2.00 bits per heavy atom. The molecule has 1 fully saturated rings. The van der Waals surface area contributed by atoms with Crippen molar-refractivity contribution < 1.29 is 17.8 Å². The molecule has 1 amide bonds. The van der Waals surface area contributed by atoms with Crippen LogP contribution >= 0.6 is 0 Å². The first-order valence-corrected chi connectivity index (χ1v) is 11.6. The number of amides is 1. The Morgan fingerprint density at radius 1 is 1.26 bits per heavy atom. The molecular formula is C20H24F2N6O2S. The van der Waals surface area contributed by atoms with E-state index in [0.29, 0.717) is 13.0 Å². The van der Waals surface area contributed by atoms with Crippen molar-refractivity contribution in [1.29, 1.82) is 0 Å². The van der Waals surface area contributed by atoms with E-state index in [0.717, 1.165) is 12.3 Å². The van der Waals surface area contributed by atoms with Gasteiger partial charge in [0, 0.05) is 6.54 Å². The van der Waals surface area contributed by atoms with Crippen LogP contribution in [0.5, 0.6) is 0 Å². The number of hydrogen-bond donors (Lipinski definition) is 4. The van der Waals surface area contributed by atoms with Crippen LogP contribution in [0, 0.1) is 11.6 Å². The van der Waals surface area contributed by atoms with Crippen molar-refractivity contribution in [2.75, 3.05) is 11.9 Å². The highest BCUT2D eigenvalue weighted by molar-refractivity contribution is 8.04. The smallest absolute Gasteiger partial charge is 0.275 e. The maximum absolute atomic E-state index is 15.0. The van der Waals surface area contributed by atoms with Crippen LogP contribution in [-0.4, -0.2) is 42.5 Å². The summed E-state index contributed by atoms with van der Waals surface area (Å²) in [5.41, 5.74) is 4.85. The fourth-order valence-corrected chi connectivity index (χ4v) is 7.91. The molecule has 4 heterocycles. The first-order chi connectivity index (χ1) is 14.5. The molecule has 31 heavy (non-hydrogen) atoms. The van der Waals surface area contributed by atoms with Crippen molar-refractivity contribution in [3.05, 3.63) is 53.5 Å². The van der Waals surface area contributed by atoms with Gasteiger partial charge in [-0.2, -0.15) is 0 Å². The molecule has 166 valence electrons. The Bertz CT molecular complexity index is 1140. The van der Waals surface area contributed by atoms with Gasteiger partial charge < -0.3 is 11.1 Å². The normalized spacial score (nSPS) is 27.1. The summed E-state index contributed by atoms with van der Waals surface area (Å²) in [5, 5.41) is 2.03. The third-order valence-electron chi connectivity index (χ3n) is 6.19. The van der Waals surface area contributed by atoms with Crippen LogP contribution in [0.3, 0.4) is 0 Å². The highest BCUT2D eigenvalue weighted by atomic mass is 32.3. The molecule has 2 aliphatic rings. The number of nitrogens with two attached hydrogens (primary N) is 1. The van der Waals surface area contributed by atoms with Crippen molar-refractivity contribution in [3.63, 3.8) is 0 Å². The lowest BCUT2D eigenvalue weighted by Gasteiger charge is -2.50. The number of hydrogen-bond acceptors (Lipinski definition) is 6. The van der Waals surface area contributed by atoms with Gasteiger partial charge in [0.25, 0.3) is 5.91 Å². The number of aliphatic imine (C=N–C) groups is 1. The number of nitrogens with one attached hydrogen (secondary N) is 2. The second-order valence-electron chi connectivity index (χ2n) is 8.42. The van der Waals surface area contributed by atoms with E-state index in [2.05, 4.69) is 25.0 Å². The Kier molecular flexibility index (Phi) is 4.93. The van der Waals surface area contributed by atoms with Gasteiger partial charge >= 0.3 is 0 Å². The van der Waals surface area contributed by atoms with Crippen molar-refractivity contribution in [1.82, 2.24) is 14.7 Å². The molecule has 0 aromatic carbocycles. The van der Waals surface area contributed by atoms with E-state index in [1.807, 2.05) is 0 Å². The van der Waals surface area contributed by atoms with Crippen molar-refractivity contribution in [3.8, 4) is 0 Å². The second kappa shape index (κ2) is 7.13. The van der Waals surface area contributed by atoms with Crippen LogP contribution in [0.4, 0.5) is 14.6 Å². The molecule has 0 saturated carbocycles. The maximum Gasteiger partial charge on any atom is 0.275 e. The number of carbonyl (C=O) groups is 1. The number of amidine groups is 1. The van der Waals surface area contributed by atoms with Crippen LogP contribution in [-0.2, 0) is 15.7 Å². The molecular weight excluding hydrogens is 426 g/mol. The molecule has 0 aliphatic carbocycles. The van der Waals surface area contributed by atoms with E-state index in [4.69, 9.17) is 5.73 Å². The maximum atomic E-state index is 15.0. The van der Waals surface area contributed by atoms with Gasteiger partial charge in [-0.15, -0.1) is 0 Å². The minimum Gasteiger partial charge on any atom is -0.386 e. The summed E-state index contributed by atoms with van der Waals surface area (Å²) in [4.78, 5) is 25.0. The lowest BCUT2D eigenvalue weighted by atomic mass is 9.90. The minimum absolute atomic E-state index is 0.0218. The summed E-state index contributed by atoms with van der Waals surface area (Å²) < 4.78 is 44.1. The lowest BCUT2D eigenvalue weighted by molar-refractivity contribution is 0.102. The van der Waals surface area contributed by atoms with Gasteiger partial charge in [-0.1, -0.05) is 0 Å². The predicted molar refractivity (Wildman–Crippen MR) is 115 cm³/mol. The molecule has 0 unspecified atom stereocenters. The summed E-state index contributed by atoms with van der Waals surface area (Å²) in [6, 6.07) is 4.81. The van der Waals surface area contributed by atoms with E-state index in [9.17, 15) is 17.8 Å². The van der Waals surface area contributed by atoms with E-state index in [-0.39, 0.29) is 23.0 Å². The first-order valence-electron chi connectivity index (χ1n) is 9.80. The van der Waals surface area contributed by atoms with E-state index < -0.39 is 43.2 Å². The van der Waals surface area contributed by atoms with Gasteiger partial charge in [0.2, 0.25) is 0 Å². The van der Waals surface area contributed by atoms with E-state index in [1.54, 1.807) is 20.8 Å². The van der Waals surface area contributed by atoms with Crippen molar-refractivity contribution >= 4 is 27.7 Å². The van der Waals surface area contributed by atoms with Gasteiger partial charge in [0.1, 0.15) is 40.2 Å². The quantitative estimate of drug-likeness (QED) is 0.530. The summed E-state index contributed by atoms with van der Waals surface area (Å²) in [6.45, 7) is 5.71. The molecule has 2 aromatic rings. The largest absolute Gasteiger partial charge is 0.386 e. The molecule has 0 spiro atoms. The zero-order chi connectivity index (χ0) is 22.6. The van der Waals surface area contributed by atoms with Crippen LogP contribution in [0.15, 0.2) is 35.5 Å². The number of thiol groups is 1. The molecule has 0 bridgehead atoms. The number of fused-ring (bicyclic) bond motifs is 1. The molecule has 8 nitrogen and oxygen atoms in total. The Morgan fingerprint density at radius 3 is 2.68 bits per heavy atom. The Balaban J connectivity index is 1.74. The van der Waals surface area contributed by atoms with Crippen LogP contribution in [0.1, 0.15) is 43.4 Å². The number of carbonyl (C=O) groups excluding carboxylic acids is 1. The van der Waals surface area contributed by atoms with Crippen molar-refractivity contribution in [2.24, 2.45) is 10.7 Å². The number of pyridine rings is 2. The third kappa shape index (κ3) is 3.23. The second-order valence-corrected chi connectivity index (χ2v) is 11.8. The van der Waals surface area contributed by atoms with Gasteiger partial charge in [-0.25, -0.2) is 18.7 Å².